The van der Waals surface area contributed by atoms with E-state index in [1.54, 1.807) is 20.8 Å². The van der Waals surface area contributed by atoms with Gasteiger partial charge in [-0.25, -0.2) is 14.4 Å². The molecule has 2 N–H and O–H groups in total. The average molecular weight is 384 g/mol. The molecule has 1 fully saturated rings. The Balaban J connectivity index is 2.34. The average Bonchev–Trinajstić information content (AvgIpc) is 2.62. The molecule has 1 saturated carbocycles. The molecule has 8 heteroatoms. The Labute approximate surface area is 161 Å². The lowest BCUT2D eigenvalue weighted by molar-refractivity contribution is -0.140. The summed E-state index contributed by atoms with van der Waals surface area (Å²) in [5.41, 5.74) is 0. The van der Waals surface area contributed by atoms with Gasteiger partial charge < -0.3 is 24.8 Å². The third-order valence-corrected chi connectivity index (χ3v) is 4.36. The number of ether oxygens (including phenoxy) is 3. The van der Waals surface area contributed by atoms with Crippen molar-refractivity contribution in [2.45, 2.75) is 58.7 Å². The summed E-state index contributed by atoms with van der Waals surface area (Å²) in [4.78, 5) is 34.6. The standard InChI is InChI=1S/C19H32N2O6/c1-5-17(22)25-12-14(4)27-19(24)21-11-16-9-7-6-8-15(16)10-20-18(23)26-13(2)3/h5,13-16H,1,6-12H2,2-4H3,(H,20,23)(H,21,24). The van der Waals surface area contributed by atoms with Crippen molar-refractivity contribution in [3.8, 4) is 0 Å². The summed E-state index contributed by atoms with van der Waals surface area (Å²) < 4.78 is 15.1. The van der Waals surface area contributed by atoms with Crippen LogP contribution >= 0.6 is 0 Å². The number of hydrogen-bond acceptors (Lipinski definition) is 6. The van der Waals surface area contributed by atoms with E-state index in [1.165, 1.54) is 0 Å². The van der Waals surface area contributed by atoms with Gasteiger partial charge in [0, 0.05) is 19.2 Å². The van der Waals surface area contributed by atoms with Gasteiger partial charge in [0.05, 0.1) is 6.10 Å². The molecule has 0 aromatic rings. The molecule has 1 aliphatic rings. The molecule has 0 saturated heterocycles. The van der Waals surface area contributed by atoms with Gasteiger partial charge in [0.15, 0.2) is 0 Å². The van der Waals surface area contributed by atoms with Crippen LogP contribution < -0.4 is 10.6 Å². The van der Waals surface area contributed by atoms with Crippen molar-refractivity contribution < 1.29 is 28.6 Å². The number of carbonyl (C=O) groups is 3. The molecule has 0 aliphatic heterocycles. The van der Waals surface area contributed by atoms with Crippen LogP contribution in [0.5, 0.6) is 0 Å². The van der Waals surface area contributed by atoms with Gasteiger partial charge in [-0.15, -0.1) is 0 Å². The van der Waals surface area contributed by atoms with Crippen LogP contribution in [0.2, 0.25) is 0 Å². The van der Waals surface area contributed by atoms with Gasteiger partial charge in [0.1, 0.15) is 12.7 Å². The van der Waals surface area contributed by atoms with Gasteiger partial charge in [-0.1, -0.05) is 19.4 Å². The minimum absolute atomic E-state index is 0.0216. The summed E-state index contributed by atoms with van der Waals surface area (Å²) in [5, 5.41) is 5.57. The second kappa shape index (κ2) is 12.2. The minimum Gasteiger partial charge on any atom is -0.459 e. The quantitative estimate of drug-likeness (QED) is 0.360. The lowest BCUT2D eigenvalue weighted by Gasteiger charge is -2.31. The van der Waals surface area contributed by atoms with E-state index >= 15 is 0 Å². The summed E-state index contributed by atoms with van der Waals surface area (Å²) in [7, 11) is 0. The fourth-order valence-electron chi connectivity index (χ4n) is 3.02. The smallest absolute Gasteiger partial charge is 0.407 e. The molecule has 3 unspecified atom stereocenters. The maximum atomic E-state index is 11.9. The fraction of sp³-hybridized carbons (Fsp3) is 0.737. The van der Waals surface area contributed by atoms with E-state index in [0.29, 0.717) is 13.1 Å². The topological polar surface area (TPSA) is 103 Å². The highest BCUT2D eigenvalue weighted by molar-refractivity contribution is 5.81. The molecule has 1 rings (SSSR count). The predicted molar refractivity (Wildman–Crippen MR) is 100 cm³/mol. The number of alkyl carbamates (subject to hydrolysis) is 2. The molecule has 2 amide bonds. The fourth-order valence-corrected chi connectivity index (χ4v) is 3.02. The normalized spacial score (nSPS) is 20.3. The Bertz CT molecular complexity index is 508. The molecule has 3 atom stereocenters. The first-order valence-corrected chi connectivity index (χ1v) is 9.50. The highest BCUT2D eigenvalue weighted by Crippen LogP contribution is 2.29. The maximum Gasteiger partial charge on any atom is 0.407 e. The summed E-state index contributed by atoms with van der Waals surface area (Å²) in [5.74, 6) is -0.0105. The second-order valence-corrected chi connectivity index (χ2v) is 7.07. The molecule has 154 valence electrons. The Hall–Kier alpha value is -2.25. The van der Waals surface area contributed by atoms with E-state index < -0.39 is 24.3 Å². The van der Waals surface area contributed by atoms with E-state index in [-0.39, 0.29) is 24.5 Å². The molecule has 1 aliphatic carbocycles. The molecule has 0 spiro atoms. The van der Waals surface area contributed by atoms with Crippen LogP contribution in [0.4, 0.5) is 9.59 Å². The Morgan fingerprint density at radius 3 is 2.00 bits per heavy atom. The number of rotatable bonds is 9. The Kier molecular flexibility index (Phi) is 10.3. The Morgan fingerprint density at radius 1 is 1.00 bits per heavy atom. The Morgan fingerprint density at radius 2 is 1.52 bits per heavy atom. The van der Waals surface area contributed by atoms with Crippen LogP contribution in [0.1, 0.15) is 46.5 Å². The van der Waals surface area contributed by atoms with Gasteiger partial charge in [-0.3, -0.25) is 0 Å². The van der Waals surface area contributed by atoms with Gasteiger partial charge in [0.2, 0.25) is 0 Å². The van der Waals surface area contributed by atoms with Gasteiger partial charge in [0.25, 0.3) is 0 Å². The van der Waals surface area contributed by atoms with E-state index in [0.717, 1.165) is 31.8 Å². The summed E-state index contributed by atoms with van der Waals surface area (Å²) in [6, 6.07) is 0. The highest BCUT2D eigenvalue weighted by Gasteiger charge is 2.26. The first-order valence-electron chi connectivity index (χ1n) is 9.50. The number of esters is 1. The highest BCUT2D eigenvalue weighted by atomic mass is 16.6. The van der Waals surface area contributed by atoms with Crippen LogP contribution in [-0.2, 0) is 19.0 Å². The third kappa shape index (κ3) is 9.86. The largest absolute Gasteiger partial charge is 0.459 e. The zero-order chi connectivity index (χ0) is 20.2. The van der Waals surface area contributed by atoms with E-state index in [2.05, 4.69) is 17.2 Å². The lowest BCUT2D eigenvalue weighted by atomic mass is 9.79. The first kappa shape index (κ1) is 22.8. The van der Waals surface area contributed by atoms with Crippen molar-refractivity contribution in [1.29, 1.82) is 0 Å². The molecular formula is C19H32N2O6. The molecule has 0 radical (unpaired) electrons. The maximum absolute atomic E-state index is 11.9. The minimum atomic E-state index is -0.556. The van der Waals surface area contributed by atoms with Crippen LogP contribution in [0, 0.1) is 11.8 Å². The zero-order valence-electron chi connectivity index (χ0n) is 16.5. The SMILES string of the molecule is C=CC(=O)OCC(C)OC(=O)NCC1CCCCC1CNC(=O)OC(C)C. The summed E-state index contributed by atoms with van der Waals surface area (Å²) in [6.45, 7) is 9.53. The van der Waals surface area contributed by atoms with E-state index in [1.807, 2.05) is 0 Å². The van der Waals surface area contributed by atoms with E-state index in [9.17, 15) is 14.4 Å². The molecular weight excluding hydrogens is 352 g/mol. The van der Waals surface area contributed by atoms with Crippen molar-refractivity contribution in [2.24, 2.45) is 11.8 Å². The van der Waals surface area contributed by atoms with Crippen LogP contribution in [0.25, 0.3) is 0 Å². The van der Waals surface area contributed by atoms with Crippen molar-refractivity contribution in [3.63, 3.8) is 0 Å². The van der Waals surface area contributed by atoms with Crippen molar-refractivity contribution >= 4 is 18.2 Å². The summed E-state index contributed by atoms with van der Waals surface area (Å²) >= 11 is 0. The predicted octanol–water partition coefficient (Wildman–Crippen LogP) is 2.77. The van der Waals surface area contributed by atoms with E-state index in [4.69, 9.17) is 14.2 Å². The van der Waals surface area contributed by atoms with Gasteiger partial charge in [-0.2, -0.15) is 0 Å². The molecule has 0 aromatic heterocycles. The third-order valence-electron chi connectivity index (χ3n) is 4.36. The van der Waals surface area contributed by atoms with Gasteiger partial charge >= 0.3 is 18.2 Å². The second-order valence-electron chi connectivity index (χ2n) is 7.07. The van der Waals surface area contributed by atoms with Gasteiger partial charge in [-0.05, 0) is 45.4 Å². The van der Waals surface area contributed by atoms with Crippen molar-refractivity contribution in [1.82, 2.24) is 10.6 Å². The van der Waals surface area contributed by atoms with Crippen LogP contribution in [-0.4, -0.2) is 50.1 Å². The molecule has 27 heavy (non-hydrogen) atoms. The molecule has 8 nitrogen and oxygen atoms in total. The number of nitrogens with one attached hydrogen (secondary N) is 2. The zero-order valence-corrected chi connectivity index (χ0v) is 16.5. The van der Waals surface area contributed by atoms with Crippen LogP contribution in [0.3, 0.4) is 0 Å². The number of hydrogen-bond donors (Lipinski definition) is 2. The molecule has 0 bridgehead atoms. The van der Waals surface area contributed by atoms with Crippen LogP contribution in [0.15, 0.2) is 12.7 Å². The van der Waals surface area contributed by atoms with Crippen molar-refractivity contribution in [3.05, 3.63) is 12.7 Å². The summed E-state index contributed by atoms with van der Waals surface area (Å²) in [6.07, 6.45) is 3.58. The monoisotopic (exact) mass is 384 g/mol. The molecule has 0 heterocycles. The number of carbonyl (C=O) groups excluding carboxylic acids is 3. The molecule has 0 aromatic carbocycles. The van der Waals surface area contributed by atoms with Crippen molar-refractivity contribution in [2.75, 3.05) is 19.7 Å². The first-order chi connectivity index (χ1) is 12.8. The number of amides is 2. The lowest BCUT2D eigenvalue weighted by Crippen LogP contribution is -2.41.